The third kappa shape index (κ3) is 2.65. The molecule has 0 saturated carbocycles. The zero-order chi connectivity index (χ0) is 15.0. The predicted molar refractivity (Wildman–Crippen MR) is 92.0 cm³/mol. The van der Waals surface area contributed by atoms with Crippen molar-refractivity contribution in [2.45, 2.75) is 13.0 Å². The largest absolute Gasteiger partial charge is 0.369 e. The van der Waals surface area contributed by atoms with Crippen molar-refractivity contribution in [3.63, 3.8) is 0 Å². The number of anilines is 1. The number of nitrogens with two attached hydrogens (primary N) is 1. The smallest absolute Gasteiger partial charge is 0.196 e. The van der Waals surface area contributed by atoms with Gasteiger partial charge in [-0.15, -0.1) is 0 Å². The molecule has 108 valence electrons. The lowest BCUT2D eigenvalue weighted by molar-refractivity contribution is 0.767. The fourth-order valence-electron chi connectivity index (χ4n) is 2.63. The molecule has 2 N–H and O–H groups in total. The van der Waals surface area contributed by atoms with E-state index in [1.54, 1.807) is 0 Å². The predicted octanol–water partition coefficient (Wildman–Crippen LogP) is 4.29. The lowest BCUT2D eigenvalue weighted by Crippen LogP contribution is -2.36. The monoisotopic (exact) mass is 363 g/mol. The Kier molecular flexibility index (Phi) is 3.91. The molecular weight excluding hydrogens is 350 g/mol. The maximum absolute atomic E-state index is 6.40. The van der Waals surface area contributed by atoms with Crippen LogP contribution in [-0.4, -0.2) is 12.5 Å². The number of rotatable bonds is 2. The van der Waals surface area contributed by atoms with Crippen molar-refractivity contribution in [2.75, 3.05) is 11.4 Å². The lowest BCUT2D eigenvalue weighted by atomic mass is 10.0. The number of hydrogen-bond donors (Lipinski definition) is 1. The van der Waals surface area contributed by atoms with Gasteiger partial charge in [0.05, 0.1) is 12.6 Å². The number of aliphatic imine (C=N–C) groups is 1. The summed E-state index contributed by atoms with van der Waals surface area (Å²) in [6, 6.07) is 14.1. The van der Waals surface area contributed by atoms with E-state index in [9.17, 15) is 0 Å². The van der Waals surface area contributed by atoms with Crippen LogP contribution in [0.3, 0.4) is 0 Å². The molecule has 5 heteroatoms. The van der Waals surface area contributed by atoms with Crippen molar-refractivity contribution in [1.82, 2.24) is 0 Å². The van der Waals surface area contributed by atoms with Crippen LogP contribution in [0.5, 0.6) is 0 Å². The molecule has 2 aromatic carbocycles. The number of aryl methyl sites for hydroxylation is 1. The van der Waals surface area contributed by atoms with Crippen molar-refractivity contribution < 1.29 is 0 Å². The fraction of sp³-hybridized carbons (Fsp3) is 0.188. The van der Waals surface area contributed by atoms with Gasteiger partial charge < -0.3 is 10.6 Å². The van der Waals surface area contributed by atoms with Crippen LogP contribution in [0.2, 0.25) is 5.02 Å². The van der Waals surface area contributed by atoms with Crippen LogP contribution in [0.1, 0.15) is 17.2 Å². The van der Waals surface area contributed by atoms with Gasteiger partial charge in [0.25, 0.3) is 0 Å². The standard InChI is InChI=1S/C16H15BrClN3/c1-10-4-2-3-5-14(10)21-15(9-20-16(21)19)12-7-6-11(17)8-13(12)18/h2-8,15H,9H2,1H3,(H2,19,20). The molecular formula is C16H15BrClN3. The third-order valence-corrected chi connectivity index (χ3v) is 4.50. The van der Waals surface area contributed by atoms with E-state index >= 15 is 0 Å². The molecule has 1 heterocycles. The summed E-state index contributed by atoms with van der Waals surface area (Å²) in [7, 11) is 0. The summed E-state index contributed by atoms with van der Waals surface area (Å²) < 4.78 is 0.963. The van der Waals surface area contributed by atoms with E-state index in [2.05, 4.69) is 44.9 Å². The normalized spacial score (nSPS) is 18.0. The van der Waals surface area contributed by atoms with Gasteiger partial charge in [-0.05, 0) is 36.2 Å². The Morgan fingerprint density at radius 3 is 2.76 bits per heavy atom. The molecule has 0 fully saturated rings. The summed E-state index contributed by atoms with van der Waals surface area (Å²) in [5, 5.41) is 0.720. The minimum absolute atomic E-state index is 0.0340. The van der Waals surface area contributed by atoms with E-state index < -0.39 is 0 Å². The molecule has 3 rings (SSSR count). The number of para-hydroxylation sites is 1. The van der Waals surface area contributed by atoms with Crippen LogP contribution < -0.4 is 10.6 Å². The highest BCUT2D eigenvalue weighted by atomic mass is 79.9. The molecule has 0 spiro atoms. The first kappa shape index (κ1) is 14.4. The maximum atomic E-state index is 6.40. The Hall–Kier alpha value is -1.52. The van der Waals surface area contributed by atoms with Crippen molar-refractivity contribution in [3.05, 3.63) is 63.1 Å². The highest BCUT2D eigenvalue weighted by Crippen LogP contribution is 2.36. The van der Waals surface area contributed by atoms with E-state index in [1.807, 2.05) is 30.3 Å². The minimum atomic E-state index is 0.0340. The summed E-state index contributed by atoms with van der Waals surface area (Å²) >= 11 is 9.84. The number of benzene rings is 2. The quantitative estimate of drug-likeness (QED) is 0.864. The molecule has 1 unspecified atom stereocenters. The number of nitrogens with zero attached hydrogens (tertiary/aromatic N) is 2. The van der Waals surface area contributed by atoms with Gasteiger partial charge in [0.1, 0.15) is 0 Å². The zero-order valence-electron chi connectivity index (χ0n) is 11.6. The number of guanidine groups is 1. The van der Waals surface area contributed by atoms with Crippen LogP contribution in [0.4, 0.5) is 5.69 Å². The van der Waals surface area contributed by atoms with Gasteiger partial charge in [-0.2, -0.15) is 0 Å². The van der Waals surface area contributed by atoms with Gasteiger partial charge in [-0.1, -0.05) is 51.8 Å². The number of hydrogen-bond acceptors (Lipinski definition) is 3. The van der Waals surface area contributed by atoms with Gasteiger partial charge in [-0.3, -0.25) is 4.99 Å². The Balaban J connectivity index is 2.05. The second-order valence-electron chi connectivity index (χ2n) is 5.04. The Morgan fingerprint density at radius 1 is 1.29 bits per heavy atom. The van der Waals surface area contributed by atoms with E-state index in [4.69, 9.17) is 17.3 Å². The highest BCUT2D eigenvalue weighted by molar-refractivity contribution is 9.10. The molecule has 2 aromatic rings. The molecule has 3 nitrogen and oxygen atoms in total. The van der Waals surface area contributed by atoms with Crippen LogP contribution in [0.15, 0.2) is 51.9 Å². The van der Waals surface area contributed by atoms with E-state index in [1.165, 1.54) is 0 Å². The number of halogens is 2. The Bertz CT molecular complexity index is 714. The molecule has 0 radical (unpaired) electrons. The second kappa shape index (κ2) is 5.70. The first-order chi connectivity index (χ1) is 10.1. The van der Waals surface area contributed by atoms with Gasteiger partial charge in [0.15, 0.2) is 5.96 Å². The third-order valence-electron chi connectivity index (χ3n) is 3.68. The molecule has 0 saturated heterocycles. The maximum Gasteiger partial charge on any atom is 0.196 e. The van der Waals surface area contributed by atoms with Crippen molar-refractivity contribution in [3.8, 4) is 0 Å². The van der Waals surface area contributed by atoms with Crippen molar-refractivity contribution in [1.29, 1.82) is 0 Å². The van der Waals surface area contributed by atoms with Crippen LogP contribution >= 0.6 is 27.5 Å². The average Bonchev–Trinajstić information content (AvgIpc) is 2.81. The Morgan fingerprint density at radius 2 is 2.05 bits per heavy atom. The summed E-state index contributed by atoms with van der Waals surface area (Å²) in [4.78, 5) is 6.47. The van der Waals surface area contributed by atoms with Crippen LogP contribution in [0.25, 0.3) is 0 Å². The fourth-order valence-corrected chi connectivity index (χ4v) is 3.43. The van der Waals surface area contributed by atoms with Crippen molar-refractivity contribution >= 4 is 39.2 Å². The first-order valence-corrected chi connectivity index (χ1v) is 7.85. The van der Waals surface area contributed by atoms with E-state index in [0.717, 1.165) is 26.3 Å². The topological polar surface area (TPSA) is 41.6 Å². The first-order valence-electron chi connectivity index (χ1n) is 6.67. The molecule has 0 bridgehead atoms. The van der Waals surface area contributed by atoms with E-state index in [0.29, 0.717) is 12.5 Å². The zero-order valence-corrected chi connectivity index (χ0v) is 13.9. The molecule has 0 aliphatic carbocycles. The van der Waals surface area contributed by atoms with Gasteiger partial charge >= 0.3 is 0 Å². The summed E-state index contributed by atoms with van der Waals surface area (Å²) in [5.41, 5.74) is 9.38. The molecule has 1 aliphatic heterocycles. The van der Waals surface area contributed by atoms with Gasteiger partial charge in [-0.25, -0.2) is 0 Å². The molecule has 21 heavy (non-hydrogen) atoms. The molecule has 1 atom stereocenters. The Labute approximate surface area is 137 Å². The summed E-state index contributed by atoms with van der Waals surface area (Å²) in [6.07, 6.45) is 0. The van der Waals surface area contributed by atoms with Crippen molar-refractivity contribution in [2.24, 2.45) is 10.7 Å². The minimum Gasteiger partial charge on any atom is -0.369 e. The van der Waals surface area contributed by atoms with E-state index in [-0.39, 0.29) is 6.04 Å². The van der Waals surface area contributed by atoms with Gasteiger partial charge in [0.2, 0.25) is 0 Å². The molecule has 0 aromatic heterocycles. The summed E-state index contributed by atoms with van der Waals surface area (Å²) in [5.74, 6) is 0.535. The summed E-state index contributed by atoms with van der Waals surface area (Å²) in [6.45, 7) is 2.68. The van der Waals surface area contributed by atoms with Gasteiger partial charge in [0, 0.05) is 15.2 Å². The second-order valence-corrected chi connectivity index (χ2v) is 6.36. The lowest BCUT2D eigenvalue weighted by Gasteiger charge is -2.28. The average molecular weight is 365 g/mol. The highest BCUT2D eigenvalue weighted by Gasteiger charge is 2.30. The molecule has 1 aliphatic rings. The van der Waals surface area contributed by atoms with Crippen LogP contribution in [-0.2, 0) is 0 Å². The SMILES string of the molecule is Cc1ccccc1N1C(N)=NCC1c1ccc(Br)cc1Cl. The molecule has 0 amide bonds. The van der Waals surface area contributed by atoms with Crippen LogP contribution in [0, 0.1) is 6.92 Å².